The Morgan fingerprint density at radius 3 is 2.51 bits per heavy atom. The Bertz CT molecular complexity index is 990. The Labute approximate surface area is 221 Å². The average Bonchev–Trinajstić information content (AvgIpc) is 3.60. The van der Waals surface area contributed by atoms with Crippen LogP contribution in [0.1, 0.15) is 63.2 Å². The van der Waals surface area contributed by atoms with E-state index in [1.165, 1.54) is 12.0 Å². The first-order chi connectivity index (χ1) is 17.9. The minimum atomic E-state index is -1.06. The smallest absolute Gasteiger partial charge is 0.238 e. The molecule has 1 aliphatic heterocycles. The van der Waals surface area contributed by atoms with E-state index >= 15 is 0 Å². The van der Waals surface area contributed by atoms with E-state index in [0.29, 0.717) is 6.54 Å². The molecule has 4 rings (SSSR count). The number of amides is 2. The molecule has 1 saturated carbocycles. The molecule has 0 spiro atoms. The number of likely N-dealkylation sites (N-methyl/N-ethyl adjacent to an activating group) is 1. The molecule has 1 aliphatic carbocycles. The second kappa shape index (κ2) is 12.7. The first-order valence-electron chi connectivity index (χ1n) is 14.0. The number of hydrogen-bond acceptors (Lipinski definition) is 5. The minimum absolute atomic E-state index is 0.0889. The topological polar surface area (TPSA) is 91.8 Å². The second-order valence-electron chi connectivity index (χ2n) is 11.1. The van der Waals surface area contributed by atoms with Gasteiger partial charge in [0.25, 0.3) is 0 Å². The number of carbonyl (C=O) groups excluding carboxylic acids is 2. The van der Waals surface area contributed by atoms with Crippen molar-refractivity contribution in [1.29, 1.82) is 0 Å². The van der Waals surface area contributed by atoms with Crippen LogP contribution in [-0.4, -0.2) is 59.9 Å². The number of primary amides is 1. The molecule has 3 N–H and O–H groups in total. The number of carbonyl (C=O) groups is 2. The highest BCUT2D eigenvalue weighted by Gasteiger charge is 2.50. The Morgan fingerprint density at radius 1 is 1.11 bits per heavy atom. The van der Waals surface area contributed by atoms with E-state index in [2.05, 4.69) is 39.4 Å². The van der Waals surface area contributed by atoms with Gasteiger partial charge in [-0.3, -0.25) is 14.5 Å². The Hall–Kier alpha value is -2.64. The summed E-state index contributed by atoms with van der Waals surface area (Å²) in [5.41, 5.74) is 6.16. The van der Waals surface area contributed by atoms with Gasteiger partial charge in [-0.05, 0) is 69.7 Å². The normalized spacial score (nSPS) is 21.2. The van der Waals surface area contributed by atoms with Crippen LogP contribution in [0.15, 0.2) is 53.1 Å². The summed E-state index contributed by atoms with van der Waals surface area (Å²) in [5.74, 6) is 0.298. The van der Waals surface area contributed by atoms with E-state index in [1.807, 2.05) is 25.1 Å². The van der Waals surface area contributed by atoms with Crippen LogP contribution in [0.3, 0.4) is 0 Å². The molecule has 2 fully saturated rings. The maximum Gasteiger partial charge on any atom is 0.238 e. The zero-order chi connectivity index (χ0) is 26.3. The summed E-state index contributed by atoms with van der Waals surface area (Å²) in [6.45, 7) is 4.92. The number of furan rings is 1. The first kappa shape index (κ1) is 27.4. The van der Waals surface area contributed by atoms with Crippen LogP contribution >= 0.6 is 0 Å². The van der Waals surface area contributed by atoms with Gasteiger partial charge in [-0.25, -0.2) is 0 Å². The third kappa shape index (κ3) is 6.63. The molecule has 2 amide bonds. The fraction of sp³-hybridized carbons (Fsp3) is 0.600. The molecule has 2 aromatic rings. The molecular formula is C30H44N4O3. The van der Waals surface area contributed by atoms with E-state index in [0.717, 1.165) is 70.3 Å². The summed E-state index contributed by atoms with van der Waals surface area (Å²) >= 11 is 0. The van der Waals surface area contributed by atoms with E-state index in [-0.39, 0.29) is 17.9 Å². The number of hydrogen-bond donors (Lipinski definition) is 2. The van der Waals surface area contributed by atoms with Crippen molar-refractivity contribution >= 4 is 11.8 Å². The Balaban J connectivity index is 1.52. The van der Waals surface area contributed by atoms with Gasteiger partial charge in [0.1, 0.15) is 11.3 Å². The molecule has 0 bridgehead atoms. The van der Waals surface area contributed by atoms with Gasteiger partial charge < -0.3 is 20.4 Å². The van der Waals surface area contributed by atoms with Gasteiger partial charge in [-0.2, -0.15) is 0 Å². The van der Waals surface area contributed by atoms with Gasteiger partial charge in [-0.15, -0.1) is 0 Å². The van der Waals surface area contributed by atoms with E-state index in [9.17, 15) is 9.59 Å². The van der Waals surface area contributed by atoms with Crippen LogP contribution in [0.25, 0.3) is 0 Å². The highest BCUT2D eigenvalue weighted by molar-refractivity contribution is 5.93. The van der Waals surface area contributed by atoms with Crippen molar-refractivity contribution in [2.75, 3.05) is 26.7 Å². The molecule has 7 heteroatoms. The molecule has 1 aromatic heterocycles. The van der Waals surface area contributed by atoms with Crippen molar-refractivity contribution in [3.63, 3.8) is 0 Å². The maximum absolute atomic E-state index is 14.3. The summed E-state index contributed by atoms with van der Waals surface area (Å²) in [7, 11) is 1.75. The van der Waals surface area contributed by atoms with Gasteiger partial charge in [-0.1, -0.05) is 49.6 Å². The molecule has 1 saturated heterocycles. The summed E-state index contributed by atoms with van der Waals surface area (Å²) in [5, 5.41) is 3.16. The van der Waals surface area contributed by atoms with Crippen molar-refractivity contribution in [3.8, 4) is 0 Å². The summed E-state index contributed by atoms with van der Waals surface area (Å²) < 4.78 is 5.68. The number of likely N-dealkylation sites (tertiary alicyclic amines) is 1. The zero-order valence-electron chi connectivity index (χ0n) is 22.5. The summed E-state index contributed by atoms with van der Waals surface area (Å²) in [6.07, 6.45) is 9.95. The summed E-state index contributed by atoms with van der Waals surface area (Å²) in [6, 6.07) is 14.6. The Kier molecular flexibility index (Phi) is 9.43. The number of nitrogens with one attached hydrogen (secondary N) is 1. The van der Waals surface area contributed by atoms with Gasteiger partial charge in [0.05, 0.1) is 18.7 Å². The highest BCUT2D eigenvalue weighted by Crippen LogP contribution is 2.38. The third-order valence-corrected chi connectivity index (χ3v) is 8.69. The predicted molar refractivity (Wildman–Crippen MR) is 146 cm³/mol. The molecule has 2 heterocycles. The van der Waals surface area contributed by atoms with Gasteiger partial charge in [0.2, 0.25) is 11.8 Å². The fourth-order valence-electron chi connectivity index (χ4n) is 6.40. The SMILES string of the molecule is CNC(C)(C(N)=O)[C@@H](C(=O)N1CCC[C@H]1CN(CCc1ccccc1)Cc1ccco1)C1CCCCC1. The van der Waals surface area contributed by atoms with Crippen molar-refractivity contribution in [3.05, 3.63) is 60.1 Å². The lowest BCUT2D eigenvalue weighted by atomic mass is 9.69. The number of nitrogens with zero attached hydrogens (tertiary/aromatic N) is 2. The van der Waals surface area contributed by atoms with Crippen LogP contribution in [0, 0.1) is 11.8 Å². The lowest BCUT2D eigenvalue weighted by Crippen LogP contribution is -2.63. The lowest BCUT2D eigenvalue weighted by molar-refractivity contribution is -0.147. The third-order valence-electron chi connectivity index (χ3n) is 8.69. The second-order valence-corrected chi connectivity index (χ2v) is 11.1. The van der Waals surface area contributed by atoms with Gasteiger partial charge in [0, 0.05) is 25.7 Å². The zero-order valence-corrected chi connectivity index (χ0v) is 22.5. The predicted octanol–water partition coefficient (Wildman–Crippen LogP) is 3.98. The molecule has 202 valence electrons. The van der Waals surface area contributed by atoms with Gasteiger partial charge in [0.15, 0.2) is 0 Å². The monoisotopic (exact) mass is 508 g/mol. The fourth-order valence-corrected chi connectivity index (χ4v) is 6.40. The van der Waals surface area contributed by atoms with E-state index < -0.39 is 17.4 Å². The largest absolute Gasteiger partial charge is 0.468 e. The van der Waals surface area contributed by atoms with Gasteiger partial charge >= 0.3 is 0 Å². The highest BCUT2D eigenvalue weighted by atomic mass is 16.3. The molecule has 1 aromatic carbocycles. The molecule has 37 heavy (non-hydrogen) atoms. The number of benzene rings is 1. The molecule has 3 atom stereocenters. The first-order valence-corrected chi connectivity index (χ1v) is 14.0. The van der Waals surface area contributed by atoms with E-state index in [1.54, 1.807) is 13.3 Å². The standard InChI is InChI=1S/C30H44N4O3/c1-30(32-2,29(31)36)27(24-13-7-4-8-14-24)28(35)34-18-9-15-25(34)21-33(22-26-16-10-20-37-26)19-17-23-11-5-3-6-12-23/h3,5-6,10-12,16,20,24-25,27,32H,4,7-9,13-15,17-19,21-22H2,1-2H3,(H2,31,36)/t25-,27+,30?/m0/s1. The van der Waals surface area contributed by atoms with Crippen LogP contribution in [0.5, 0.6) is 0 Å². The van der Waals surface area contributed by atoms with Crippen LogP contribution in [0.4, 0.5) is 0 Å². The van der Waals surface area contributed by atoms with Crippen LogP contribution < -0.4 is 11.1 Å². The molecule has 7 nitrogen and oxygen atoms in total. The van der Waals surface area contributed by atoms with Crippen molar-refractivity contribution < 1.29 is 14.0 Å². The van der Waals surface area contributed by atoms with E-state index in [4.69, 9.17) is 10.2 Å². The molecule has 1 unspecified atom stereocenters. The lowest BCUT2D eigenvalue weighted by Gasteiger charge is -2.43. The maximum atomic E-state index is 14.3. The van der Waals surface area contributed by atoms with Crippen molar-refractivity contribution in [2.24, 2.45) is 17.6 Å². The molecular weight excluding hydrogens is 464 g/mol. The number of nitrogens with two attached hydrogens (primary N) is 1. The molecule has 0 radical (unpaired) electrons. The quantitative estimate of drug-likeness (QED) is 0.453. The van der Waals surface area contributed by atoms with Crippen LogP contribution in [-0.2, 0) is 22.6 Å². The average molecular weight is 509 g/mol. The summed E-state index contributed by atoms with van der Waals surface area (Å²) in [4.78, 5) is 31.4. The van der Waals surface area contributed by atoms with Crippen LogP contribution in [0.2, 0.25) is 0 Å². The van der Waals surface area contributed by atoms with Crippen molar-refractivity contribution in [1.82, 2.24) is 15.1 Å². The molecule has 2 aliphatic rings. The number of rotatable bonds is 12. The Morgan fingerprint density at radius 2 is 1.86 bits per heavy atom. The minimum Gasteiger partial charge on any atom is -0.468 e. The van der Waals surface area contributed by atoms with Crippen molar-refractivity contribution in [2.45, 2.75) is 76.4 Å².